The summed E-state index contributed by atoms with van der Waals surface area (Å²) >= 11 is 0. The first kappa shape index (κ1) is 69.3. The van der Waals surface area contributed by atoms with Gasteiger partial charge >= 0.3 is 0 Å². The maximum absolute atomic E-state index is 4.88. The van der Waals surface area contributed by atoms with Crippen molar-refractivity contribution in [3.8, 4) is 28.2 Å². The minimum Gasteiger partial charge on any atom is -0.664 e. The summed E-state index contributed by atoms with van der Waals surface area (Å²) in [5, 5.41) is 21.0. The van der Waals surface area contributed by atoms with Crippen molar-refractivity contribution in [2.45, 2.75) is 136 Å². The number of aromatic nitrogens is 5. The second-order valence-corrected chi connectivity index (χ2v) is 18.0. The van der Waals surface area contributed by atoms with Crippen LogP contribution in [0.4, 0.5) is 0 Å². The summed E-state index contributed by atoms with van der Waals surface area (Å²) < 4.78 is 6.97. The van der Waals surface area contributed by atoms with Gasteiger partial charge in [0.05, 0.1) is 0 Å². The fourth-order valence-electron chi connectivity index (χ4n) is 12.4. The van der Waals surface area contributed by atoms with Gasteiger partial charge in [-0.05, 0) is 50.6 Å². The Bertz CT molecular complexity index is 4150. The summed E-state index contributed by atoms with van der Waals surface area (Å²) in [4.78, 5) is 9.77. The van der Waals surface area contributed by atoms with Crippen molar-refractivity contribution in [2.24, 2.45) is 0 Å². The molecule has 2 aliphatic carbocycles. The number of benzene rings is 8. The zero-order chi connectivity index (χ0) is 60.4. The van der Waals surface area contributed by atoms with Crippen molar-refractivity contribution in [1.29, 1.82) is 0 Å². The van der Waals surface area contributed by atoms with Crippen LogP contribution >= 0.6 is 0 Å². The molecule has 0 aliphatic heterocycles. The van der Waals surface area contributed by atoms with Crippen LogP contribution in [0.1, 0.15) is 159 Å². The van der Waals surface area contributed by atoms with Crippen LogP contribution < -0.4 is 0 Å². The number of fused-ring (bicyclic) bond motifs is 21. The molecule has 452 valence electrons. The van der Waals surface area contributed by atoms with E-state index in [2.05, 4.69) is 157 Å². The number of likely N-dealkylation sites (N-methyl/N-ethyl adjacent to an activating group) is 2. The molecule has 0 amide bonds. The average Bonchev–Trinajstić information content (AvgIpc) is 2.10. The molecule has 0 fully saturated rings. The monoisotopic (exact) mass is 1310 g/mol. The quantitative estimate of drug-likeness (QED) is 0.127. The first-order valence-electron chi connectivity index (χ1n) is 31.3. The van der Waals surface area contributed by atoms with E-state index < -0.39 is 0 Å². The van der Waals surface area contributed by atoms with Gasteiger partial charge in [-0.3, -0.25) is 0 Å². The van der Waals surface area contributed by atoms with E-state index in [1.165, 1.54) is 87.9 Å². The third-order valence-electron chi connectivity index (χ3n) is 15.0. The minimum atomic E-state index is 0. The van der Waals surface area contributed by atoms with Crippen molar-refractivity contribution < 1.29 is 40.8 Å². The van der Waals surface area contributed by atoms with Gasteiger partial charge in [-0.25, -0.2) is 9.97 Å². The molecule has 0 saturated heterocycles. The van der Waals surface area contributed by atoms with E-state index in [1.54, 1.807) is 0 Å². The van der Waals surface area contributed by atoms with Gasteiger partial charge in [0.15, 0.2) is 0 Å². The Morgan fingerprint density at radius 3 is 1.02 bits per heavy atom. The Kier molecular flexibility index (Phi) is 25.4. The van der Waals surface area contributed by atoms with E-state index in [9.17, 15) is 0 Å². The molecule has 85 heavy (non-hydrogen) atoms. The van der Waals surface area contributed by atoms with Crippen LogP contribution in [0.15, 0.2) is 128 Å². The summed E-state index contributed by atoms with van der Waals surface area (Å²) in [5.74, 6) is 0.906. The molecule has 9 heteroatoms. The predicted octanol–water partition coefficient (Wildman–Crippen LogP) is 22.5. The normalized spacial score (nSPS) is 12.7. The van der Waals surface area contributed by atoms with Gasteiger partial charge in [0.2, 0.25) is 5.95 Å². The maximum Gasteiger partial charge on any atom is 0.230 e. The summed E-state index contributed by atoms with van der Waals surface area (Å²) in [6.07, 6.45) is 3.63. The van der Waals surface area contributed by atoms with Crippen LogP contribution in [0, 0.1) is 24.3 Å². The van der Waals surface area contributed by atoms with Crippen LogP contribution in [0.5, 0.6) is 0 Å². The Balaban J connectivity index is 0.000000609. The Morgan fingerprint density at radius 2 is 0.671 bits per heavy atom. The van der Waals surface area contributed by atoms with E-state index in [1.807, 2.05) is 157 Å². The topological polar surface area (TPSA) is 67.7 Å². The fourth-order valence-corrected chi connectivity index (χ4v) is 12.4. The molecule has 2 aliphatic rings. The van der Waals surface area contributed by atoms with E-state index >= 15 is 0 Å². The zero-order valence-corrected chi connectivity index (χ0v) is 57.1. The second kappa shape index (κ2) is 31.2. The largest absolute Gasteiger partial charge is 0.664 e. The molecular formula is C76H87N7Pd2-6. The second-order valence-electron chi connectivity index (χ2n) is 18.0. The van der Waals surface area contributed by atoms with Gasteiger partial charge in [-0.15, -0.1) is 69.0 Å². The minimum absolute atomic E-state index is 0. The van der Waals surface area contributed by atoms with E-state index in [0.29, 0.717) is 5.95 Å². The van der Waals surface area contributed by atoms with Crippen molar-refractivity contribution >= 4 is 98.0 Å². The Morgan fingerprint density at radius 1 is 0.353 bits per heavy atom. The van der Waals surface area contributed by atoms with Crippen LogP contribution in [0.25, 0.3) is 137 Å². The molecule has 2 atom stereocenters. The number of hydrogen-bond donors (Lipinski definition) is 0. The maximum atomic E-state index is 4.88. The van der Waals surface area contributed by atoms with E-state index in [-0.39, 0.29) is 52.7 Å². The molecule has 14 aromatic rings. The van der Waals surface area contributed by atoms with Crippen molar-refractivity contribution in [3.63, 3.8) is 0 Å². The molecule has 2 unspecified atom stereocenters. The molecule has 8 aromatic carbocycles. The number of hydrogen-bond acceptors (Lipinski definition) is 2. The van der Waals surface area contributed by atoms with Gasteiger partial charge in [0.1, 0.15) is 0 Å². The third kappa shape index (κ3) is 10.9. The molecule has 6 aromatic heterocycles. The summed E-state index contributed by atoms with van der Waals surface area (Å²) in [6, 6.07) is 58.5. The third-order valence-corrected chi connectivity index (χ3v) is 15.0. The molecule has 0 N–H and O–H groups in total. The molecule has 0 radical (unpaired) electrons. The van der Waals surface area contributed by atoms with Gasteiger partial charge in [-0.2, -0.15) is 61.3 Å². The van der Waals surface area contributed by atoms with E-state index in [0.717, 1.165) is 67.7 Å². The van der Waals surface area contributed by atoms with Crippen molar-refractivity contribution in [1.82, 2.24) is 23.3 Å². The average molecular weight is 1310 g/mol. The van der Waals surface area contributed by atoms with Crippen LogP contribution in [-0.4, -0.2) is 50.5 Å². The SMILES string of the molecule is CC.CC.CC.CC.CC.CC.CC.CC.CC.C[N-]CC1c2[c-]c3c(cc2-c2ccccc21)c1cccc2c4cc5c6cc7c8cccc9c%10cc%11c([c-]c%10n(c7[c-]c6n(-c6ncccn6)c5[c-]c4n3c12)c98)C(C[N-]C)c1ccccc1-%11.[Pd].[Pd]. The van der Waals surface area contributed by atoms with Gasteiger partial charge in [0.25, 0.3) is 0 Å². The molecule has 0 saturated carbocycles. The molecule has 0 spiro atoms. The van der Waals surface area contributed by atoms with Gasteiger partial charge < -0.3 is 24.0 Å². The summed E-state index contributed by atoms with van der Waals surface area (Å²) in [7, 11) is 3.83. The molecule has 16 rings (SSSR count). The van der Waals surface area contributed by atoms with Crippen LogP contribution in [0.2, 0.25) is 0 Å². The van der Waals surface area contributed by atoms with Gasteiger partial charge in [0, 0.05) is 64.3 Å². The van der Waals surface area contributed by atoms with Crippen LogP contribution in [-0.2, 0) is 40.8 Å². The van der Waals surface area contributed by atoms with E-state index in [4.69, 9.17) is 9.97 Å². The smallest absolute Gasteiger partial charge is 0.230 e. The van der Waals surface area contributed by atoms with Gasteiger partial charge in [-0.1, -0.05) is 254 Å². The number of rotatable bonds is 5. The molecule has 7 nitrogen and oxygen atoms in total. The first-order valence-corrected chi connectivity index (χ1v) is 31.3. The Labute approximate surface area is 535 Å². The first-order chi connectivity index (χ1) is 41.2. The summed E-state index contributed by atoms with van der Waals surface area (Å²) in [6.45, 7) is 37.4. The number of para-hydroxylation sites is 2. The molecule has 0 bridgehead atoms. The number of nitrogens with zero attached hydrogens (tertiary/aromatic N) is 7. The predicted molar refractivity (Wildman–Crippen MR) is 366 cm³/mol. The van der Waals surface area contributed by atoms with Crippen molar-refractivity contribution in [2.75, 3.05) is 27.2 Å². The van der Waals surface area contributed by atoms with Crippen LogP contribution in [0.3, 0.4) is 0 Å². The molecule has 6 heterocycles. The zero-order valence-electron chi connectivity index (χ0n) is 54.0. The fraction of sp³-hybridized carbons (Fsp3) is 0.316. The van der Waals surface area contributed by atoms with Crippen molar-refractivity contribution in [3.05, 3.63) is 185 Å². The summed E-state index contributed by atoms with van der Waals surface area (Å²) in [5.41, 5.74) is 18.5. The standard InChI is InChI=1S/C58H33N7.9C2H6.2Pd/c1-59-28-48-32-12-5-3-10-30(32)38-20-42-34-14-7-16-36-44-22-46-47-23-45-37-17-8-15-35-43-21-39-31-11-4-6-13-33(31)49(29-60-2)41(39)25-51(43)64(57(35)37)53(45)27-55(47)65(58-61-18-9-19-62-58)54(46)26-52(44)63(56(34)36)50(42)24-40(38)48;9*1-2;;/h3-23,48-49H,28-29H2,1-2H3;9*1-2H3;;/q-6;;;;;;;;;;;. The molecular weight excluding hydrogens is 1220 g/mol. The Hall–Kier alpha value is -6.52.